The summed E-state index contributed by atoms with van der Waals surface area (Å²) in [6, 6.07) is 15.7. The fourth-order valence-electron chi connectivity index (χ4n) is 3.93. The molecule has 2 N–H and O–H groups in total. The molecule has 0 bridgehead atoms. The number of nitrogens with zero attached hydrogens (tertiary/aromatic N) is 1. The second-order valence-corrected chi connectivity index (χ2v) is 7.04. The van der Waals surface area contributed by atoms with Crippen LogP contribution in [0.4, 0.5) is 0 Å². The number of carbonyl (C=O) groups excluding carboxylic acids is 2. The van der Waals surface area contributed by atoms with Gasteiger partial charge in [-0.2, -0.15) is 0 Å². The molecule has 2 amide bonds. The summed E-state index contributed by atoms with van der Waals surface area (Å²) in [7, 11) is 0. The molecule has 4 rings (SSSR count). The molecule has 1 heterocycles. The van der Waals surface area contributed by atoms with E-state index in [9.17, 15) is 9.59 Å². The third-order valence-corrected chi connectivity index (χ3v) is 5.36. The van der Waals surface area contributed by atoms with Gasteiger partial charge in [-0.25, -0.2) is 0 Å². The Kier molecular flexibility index (Phi) is 4.04. The number of nitrogens with two attached hydrogens (primary N) is 1. The first-order chi connectivity index (χ1) is 12.1. The zero-order valence-corrected chi connectivity index (χ0v) is 14.2. The second kappa shape index (κ2) is 6.36. The van der Waals surface area contributed by atoms with Crippen molar-refractivity contribution in [3.63, 3.8) is 0 Å². The Balaban J connectivity index is 1.59. The van der Waals surface area contributed by atoms with Crippen molar-refractivity contribution in [3.05, 3.63) is 70.8 Å². The molecular formula is C21H22N2O2. The van der Waals surface area contributed by atoms with Gasteiger partial charge in [0.05, 0.1) is 5.92 Å². The van der Waals surface area contributed by atoms with Gasteiger partial charge in [-0.1, -0.05) is 42.5 Å². The molecule has 128 valence electrons. The molecule has 4 nitrogen and oxygen atoms in total. The first kappa shape index (κ1) is 15.9. The Morgan fingerprint density at radius 2 is 1.80 bits per heavy atom. The summed E-state index contributed by atoms with van der Waals surface area (Å²) < 4.78 is 0. The number of primary amides is 1. The van der Waals surface area contributed by atoms with Crippen molar-refractivity contribution >= 4 is 11.8 Å². The molecule has 1 atom stereocenters. The predicted octanol–water partition coefficient (Wildman–Crippen LogP) is 2.86. The van der Waals surface area contributed by atoms with Crippen LogP contribution in [0.15, 0.2) is 48.5 Å². The highest BCUT2D eigenvalue weighted by atomic mass is 16.2. The second-order valence-electron chi connectivity index (χ2n) is 7.04. The molecule has 2 aliphatic rings. The van der Waals surface area contributed by atoms with Crippen LogP contribution in [0.2, 0.25) is 0 Å². The molecule has 1 saturated carbocycles. The van der Waals surface area contributed by atoms with E-state index in [0.29, 0.717) is 31.0 Å². The normalized spacial score (nSPS) is 17.7. The average molecular weight is 334 g/mol. The first-order valence-corrected chi connectivity index (χ1v) is 8.89. The number of fused-ring (bicyclic) bond motifs is 1. The van der Waals surface area contributed by atoms with Crippen molar-refractivity contribution in [2.45, 2.75) is 31.7 Å². The highest BCUT2D eigenvalue weighted by molar-refractivity contribution is 5.95. The van der Waals surface area contributed by atoms with E-state index in [0.717, 1.165) is 29.5 Å². The van der Waals surface area contributed by atoms with Gasteiger partial charge in [0.15, 0.2) is 0 Å². The minimum atomic E-state index is -0.392. The van der Waals surface area contributed by atoms with E-state index < -0.39 is 5.91 Å². The molecule has 0 spiro atoms. The van der Waals surface area contributed by atoms with Crippen molar-refractivity contribution in [1.29, 1.82) is 0 Å². The fraction of sp³-hybridized carbons (Fsp3) is 0.333. The van der Waals surface area contributed by atoms with Gasteiger partial charge in [-0.05, 0) is 47.9 Å². The van der Waals surface area contributed by atoms with Crippen molar-refractivity contribution in [2.24, 2.45) is 11.7 Å². The highest BCUT2D eigenvalue weighted by Crippen LogP contribution is 2.44. The van der Waals surface area contributed by atoms with Crippen molar-refractivity contribution in [1.82, 2.24) is 4.90 Å². The topological polar surface area (TPSA) is 63.4 Å². The zero-order chi connectivity index (χ0) is 17.4. The van der Waals surface area contributed by atoms with E-state index in [1.165, 1.54) is 0 Å². The Morgan fingerprint density at radius 1 is 1.04 bits per heavy atom. The van der Waals surface area contributed by atoms with E-state index in [4.69, 9.17) is 5.73 Å². The highest BCUT2D eigenvalue weighted by Gasteiger charge is 2.40. The monoisotopic (exact) mass is 334 g/mol. The lowest BCUT2D eigenvalue weighted by Gasteiger charge is -2.33. The summed E-state index contributed by atoms with van der Waals surface area (Å²) in [5, 5.41) is 0. The molecule has 25 heavy (non-hydrogen) atoms. The summed E-state index contributed by atoms with van der Waals surface area (Å²) in [5.41, 5.74) is 9.23. The van der Waals surface area contributed by atoms with Gasteiger partial charge in [-0.15, -0.1) is 0 Å². The third-order valence-electron chi connectivity index (χ3n) is 5.36. The predicted molar refractivity (Wildman–Crippen MR) is 96.0 cm³/mol. The Morgan fingerprint density at radius 3 is 2.48 bits per heavy atom. The van der Waals surface area contributed by atoms with E-state index in [2.05, 4.69) is 12.1 Å². The average Bonchev–Trinajstić information content (AvgIpc) is 3.46. The van der Waals surface area contributed by atoms with Crippen LogP contribution < -0.4 is 5.73 Å². The van der Waals surface area contributed by atoms with Gasteiger partial charge in [0.2, 0.25) is 11.8 Å². The molecule has 1 aliphatic carbocycles. The molecule has 2 aromatic carbocycles. The molecule has 0 saturated heterocycles. The van der Waals surface area contributed by atoms with Crippen LogP contribution in [-0.4, -0.2) is 23.3 Å². The smallest absolute Gasteiger partial charge is 0.248 e. The van der Waals surface area contributed by atoms with Crippen molar-refractivity contribution in [2.75, 3.05) is 6.54 Å². The lowest BCUT2D eigenvalue weighted by molar-refractivity contribution is -0.134. The first-order valence-electron chi connectivity index (χ1n) is 8.89. The van der Waals surface area contributed by atoms with Gasteiger partial charge in [0.25, 0.3) is 0 Å². The zero-order valence-electron chi connectivity index (χ0n) is 14.2. The number of carbonyl (C=O) groups is 2. The van der Waals surface area contributed by atoms with Crippen LogP contribution in [0.1, 0.15) is 45.8 Å². The summed E-state index contributed by atoms with van der Waals surface area (Å²) in [5.74, 6) is 0.246. The van der Waals surface area contributed by atoms with Crippen LogP contribution in [0.3, 0.4) is 0 Å². The van der Waals surface area contributed by atoms with Gasteiger partial charge < -0.3 is 10.6 Å². The van der Waals surface area contributed by atoms with E-state index in [1.807, 2.05) is 35.2 Å². The standard InChI is InChI=1S/C21H22N2O2/c22-20(24)18-8-4-7-16-13-23(12-11-17(16)18)21(25)19(15-9-10-15)14-5-2-1-3-6-14/h1-8,15,19H,9-13H2,(H2,22,24). The lowest BCUT2D eigenvalue weighted by Crippen LogP contribution is -2.40. The van der Waals surface area contributed by atoms with Crippen LogP contribution in [0, 0.1) is 5.92 Å². The number of amides is 2. The number of hydrogen-bond acceptors (Lipinski definition) is 2. The van der Waals surface area contributed by atoms with Crippen molar-refractivity contribution < 1.29 is 9.59 Å². The molecule has 1 aliphatic heterocycles. The van der Waals surface area contributed by atoms with Crippen LogP contribution in [0.25, 0.3) is 0 Å². The molecule has 2 aromatic rings. The van der Waals surface area contributed by atoms with E-state index in [-0.39, 0.29) is 11.8 Å². The summed E-state index contributed by atoms with van der Waals surface area (Å²) in [6.45, 7) is 1.21. The summed E-state index contributed by atoms with van der Waals surface area (Å²) >= 11 is 0. The van der Waals surface area contributed by atoms with Crippen LogP contribution in [0.5, 0.6) is 0 Å². The van der Waals surface area contributed by atoms with Crippen LogP contribution >= 0.6 is 0 Å². The van der Waals surface area contributed by atoms with Crippen molar-refractivity contribution in [3.8, 4) is 0 Å². The van der Waals surface area contributed by atoms with E-state index in [1.54, 1.807) is 6.07 Å². The van der Waals surface area contributed by atoms with Gasteiger partial charge >= 0.3 is 0 Å². The molecule has 0 radical (unpaired) electrons. The molecule has 1 fully saturated rings. The molecule has 4 heteroatoms. The number of benzene rings is 2. The Bertz CT molecular complexity index is 812. The fourth-order valence-corrected chi connectivity index (χ4v) is 3.93. The third kappa shape index (κ3) is 3.04. The maximum Gasteiger partial charge on any atom is 0.248 e. The maximum atomic E-state index is 13.2. The largest absolute Gasteiger partial charge is 0.366 e. The molecule has 0 aromatic heterocycles. The minimum Gasteiger partial charge on any atom is -0.366 e. The number of hydrogen-bond donors (Lipinski definition) is 1. The Labute approximate surface area is 147 Å². The lowest BCUT2D eigenvalue weighted by atomic mass is 9.90. The van der Waals surface area contributed by atoms with Gasteiger partial charge in [0, 0.05) is 18.7 Å². The van der Waals surface area contributed by atoms with Gasteiger partial charge in [0.1, 0.15) is 0 Å². The van der Waals surface area contributed by atoms with Crippen LogP contribution in [-0.2, 0) is 17.8 Å². The summed E-state index contributed by atoms with van der Waals surface area (Å²) in [4.78, 5) is 26.8. The minimum absolute atomic E-state index is 0.0397. The number of rotatable bonds is 4. The SMILES string of the molecule is NC(=O)c1cccc2c1CCN(C(=O)C(c1ccccc1)C1CC1)C2. The molecular weight excluding hydrogens is 312 g/mol. The van der Waals surface area contributed by atoms with Gasteiger partial charge in [-0.3, -0.25) is 9.59 Å². The summed E-state index contributed by atoms with van der Waals surface area (Å²) in [6.07, 6.45) is 2.94. The maximum absolute atomic E-state index is 13.2. The Hall–Kier alpha value is -2.62. The quantitative estimate of drug-likeness (QED) is 0.934. The molecule has 1 unspecified atom stereocenters. The van der Waals surface area contributed by atoms with E-state index >= 15 is 0 Å².